The minimum atomic E-state index is -0.168. The number of thioether (sulfide) groups is 1. The van der Waals surface area contributed by atoms with E-state index in [1.807, 2.05) is 44.2 Å². The fourth-order valence-corrected chi connectivity index (χ4v) is 3.83. The van der Waals surface area contributed by atoms with Gasteiger partial charge in [-0.2, -0.15) is 4.99 Å². The predicted octanol–water partition coefficient (Wildman–Crippen LogP) is 3.55. The molecule has 1 amide bonds. The molecule has 0 radical (unpaired) electrons. The lowest BCUT2D eigenvalue weighted by atomic mass is 10.2. The average Bonchev–Trinajstić information content (AvgIpc) is 2.94. The van der Waals surface area contributed by atoms with E-state index in [1.165, 1.54) is 11.8 Å². The van der Waals surface area contributed by atoms with Crippen LogP contribution in [0.1, 0.15) is 32.8 Å². The van der Waals surface area contributed by atoms with Crippen molar-refractivity contribution in [2.24, 2.45) is 4.99 Å². The molecule has 0 N–H and O–H groups in total. The average molecular weight is 360 g/mol. The normalized spacial score (nSPS) is 25.4. The van der Waals surface area contributed by atoms with Gasteiger partial charge in [0.2, 0.25) is 0 Å². The summed E-state index contributed by atoms with van der Waals surface area (Å²) < 4.78 is 11.3. The van der Waals surface area contributed by atoms with E-state index in [0.29, 0.717) is 11.5 Å². The summed E-state index contributed by atoms with van der Waals surface area (Å²) >= 11 is 1.44. The van der Waals surface area contributed by atoms with Gasteiger partial charge in [-0.1, -0.05) is 19.1 Å². The summed E-state index contributed by atoms with van der Waals surface area (Å²) in [5, 5.41) is 0.779. The lowest BCUT2D eigenvalue weighted by Crippen LogP contribution is -2.47. The van der Waals surface area contributed by atoms with Crippen LogP contribution in [0.3, 0.4) is 0 Å². The third-order valence-electron chi connectivity index (χ3n) is 3.95. The van der Waals surface area contributed by atoms with Gasteiger partial charge in [0.25, 0.3) is 5.91 Å². The van der Waals surface area contributed by atoms with Crippen LogP contribution in [-0.2, 0) is 9.53 Å². The monoisotopic (exact) mass is 360 g/mol. The zero-order valence-electron chi connectivity index (χ0n) is 14.9. The van der Waals surface area contributed by atoms with E-state index in [2.05, 4.69) is 16.8 Å². The van der Waals surface area contributed by atoms with Crippen LogP contribution < -0.4 is 4.74 Å². The van der Waals surface area contributed by atoms with Crippen molar-refractivity contribution < 1.29 is 14.3 Å². The van der Waals surface area contributed by atoms with Gasteiger partial charge in [-0.25, -0.2) is 0 Å². The fourth-order valence-electron chi connectivity index (χ4n) is 2.90. The number of hydrogen-bond acceptors (Lipinski definition) is 5. The maximum atomic E-state index is 12.2. The summed E-state index contributed by atoms with van der Waals surface area (Å²) in [5.74, 6) is 0.681. The zero-order valence-corrected chi connectivity index (χ0v) is 15.7. The molecule has 0 saturated carbocycles. The van der Waals surface area contributed by atoms with Gasteiger partial charge in [0, 0.05) is 13.1 Å². The van der Waals surface area contributed by atoms with Crippen LogP contribution in [0.15, 0.2) is 34.2 Å². The minimum absolute atomic E-state index is 0.144. The van der Waals surface area contributed by atoms with E-state index in [-0.39, 0.29) is 18.1 Å². The van der Waals surface area contributed by atoms with Gasteiger partial charge >= 0.3 is 0 Å². The topological polar surface area (TPSA) is 51.1 Å². The Morgan fingerprint density at radius 1 is 1.28 bits per heavy atom. The summed E-state index contributed by atoms with van der Waals surface area (Å²) in [6.07, 6.45) is 3.16. The quantitative estimate of drug-likeness (QED) is 0.769. The summed E-state index contributed by atoms with van der Waals surface area (Å²) in [7, 11) is 0. The van der Waals surface area contributed by atoms with Gasteiger partial charge < -0.3 is 14.4 Å². The molecule has 2 aliphatic heterocycles. The summed E-state index contributed by atoms with van der Waals surface area (Å²) in [4.78, 5) is 19.3. The van der Waals surface area contributed by atoms with Crippen molar-refractivity contribution in [3.05, 3.63) is 34.7 Å². The third kappa shape index (κ3) is 4.64. The number of aliphatic imine (C=N–C) groups is 1. The van der Waals surface area contributed by atoms with E-state index < -0.39 is 0 Å². The number of ether oxygens (including phenoxy) is 2. The van der Waals surface area contributed by atoms with Gasteiger partial charge in [0.15, 0.2) is 5.17 Å². The largest absolute Gasteiger partial charge is 0.494 e. The molecule has 5 nitrogen and oxygen atoms in total. The van der Waals surface area contributed by atoms with Gasteiger partial charge in [-0.05, 0) is 55.8 Å². The number of benzene rings is 1. The molecule has 134 valence electrons. The van der Waals surface area contributed by atoms with Crippen molar-refractivity contribution in [3.63, 3.8) is 0 Å². The maximum Gasteiger partial charge on any atom is 0.286 e. The Morgan fingerprint density at radius 3 is 2.60 bits per heavy atom. The molecular weight excluding hydrogens is 336 g/mol. The van der Waals surface area contributed by atoms with E-state index in [4.69, 9.17) is 9.47 Å². The number of nitrogens with zero attached hydrogens (tertiary/aromatic N) is 2. The first-order valence-corrected chi connectivity index (χ1v) is 9.52. The Kier molecular flexibility index (Phi) is 5.81. The number of amides is 1. The van der Waals surface area contributed by atoms with E-state index in [9.17, 15) is 4.79 Å². The highest BCUT2D eigenvalue weighted by Gasteiger charge is 2.30. The second-order valence-electron chi connectivity index (χ2n) is 6.39. The molecule has 0 spiro atoms. The summed E-state index contributed by atoms with van der Waals surface area (Å²) in [6.45, 7) is 8.41. The Labute approximate surface area is 153 Å². The maximum absolute atomic E-state index is 12.2. The van der Waals surface area contributed by atoms with Crippen molar-refractivity contribution in [1.82, 2.24) is 4.90 Å². The molecule has 0 bridgehead atoms. The van der Waals surface area contributed by atoms with Crippen LogP contribution in [0.4, 0.5) is 0 Å². The highest BCUT2D eigenvalue weighted by atomic mass is 32.2. The number of carbonyl (C=O) groups excluding carboxylic acids is 1. The van der Waals surface area contributed by atoms with Crippen molar-refractivity contribution in [1.29, 1.82) is 0 Å². The van der Waals surface area contributed by atoms with E-state index >= 15 is 0 Å². The van der Waals surface area contributed by atoms with Crippen LogP contribution in [0.5, 0.6) is 5.75 Å². The molecule has 2 unspecified atom stereocenters. The number of rotatable bonds is 4. The molecule has 1 aromatic carbocycles. The predicted molar refractivity (Wildman–Crippen MR) is 102 cm³/mol. The van der Waals surface area contributed by atoms with Gasteiger partial charge in [0.05, 0.1) is 23.7 Å². The van der Waals surface area contributed by atoms with Crippen molar-refractivity contribution in [3.8, 4) is 5.75 Å². The van der Waals surface area contributed by atoms with E-state index in [0.717, 1.165) is 36.0 Å². The second kappa shape index (κ2) is 8.06. The first-order chi connectivity index (χ1) is 12.0. The van der Waals surface area contributed by atoms with Crippen molar-refractivity contribution in [2.45, 2.75) is 39.4 Å². The molecule has 25 heavy (non-hydrogen) atoms. The minimum Gasteiger partial charge on any atom is -0.494 e. The molecule has 1 aromatic rings. The molecule has 0 aliphatic carbocycles. The molecule has 1 saturated heterocycles. The van der Waals surface area contributed by atoms with Crippen LogP contribution >= 0.6 is 11.8 Å². The van der Waals surface area contributed by atoms with Gasteiger partial charge in [-0.15, -0.1) is 0 Å². The molecule has 3 rings (SSSR count). The molecule has 2 aliphatic rings. The summed E-state index contributed by atoms with van der Waals surface area (Å²) in [6, 6.07) is 7.78. The molecule has 2 atom stereocenters. The highest BCUT2D eigenvalue weighted by molar-refractivity contribution is 8.18. The Balaban J connectivity index is 1.66. The van der Waals surface area contributed by atoms with Crippen LogP contribution in [0.25, 0.3) is 6.08 Å². The number of hydrogen-bond donors (Lipinski definition) is 0. The number of amidine groups is 1. The van der Waals surface area contributed by atoms with Crippen LogP contribution in [0, 0.1) is 0 Å². The summed E-state index contributed by atoms with van der Waals surface area (Å²) in [5.41, 5.74) is 0.972. The first-order valence-electron chi connectivity index (χ1n) is 8.71. The SMILES string of the molecule is CCCOc1ccc(/C=C2/SC(N3CC(C)OC(C)C3)=NC2=O)cc1. The van der Waals surface area contributed by atoms with Gasteiger partial charge in [0.1, 0.15) is 5.75 Å². The smallest absolute Gasteiger partial charge is 0.286 e. The van der Waals surface area contributed by atoms with Crippen LogP contribution in [0.2, 0.25) is 0 Å². The van der Waals surface area contributed by atoms with Crippen molar-refractivity contribution in [2.75, 3.05) is 19.7 Å². The lowest BCUT2D eigenvalue weighted by molar-refractivity contribution is -0.113. The molecule has 0 aromatic heterocycles. The van der Waals surface area contributed by atoms with E-state index in [1.54, 1.807) is 0 Å². The number of carbonyl (C=O) groups is 1. The lowest BCUT2D eigenvalue weighted by Gasteiger charge is -2.35. The molecule has 1 fully saturated rings. The first kappa shape index (κ1) is 18.0. The molecule has 6 heteroatoms. The fraction of sp³-hybridized carbons (Fsp3) is 0.474. The Bertz CT molecular complexity index is 674. The Morgan fingerprint density at radius 2 is 1.96 bits per heavy atom. The van der Waals surface area contributed by atoms with Crippen LogP contribution in [-0.4, -0.2) is 47.9 Å². The van der Waals surface area contributed by atoms with Crippen molar-refractivity contribution >= 4 is 28.9 Å². The standard InChI is InChI=1S/C19H24N2O3S/c1-4-9-23-16-7-5-15(6-8-16)10-17-18(22)20-19(25-17)21-11-13(2)24-14(3)12-21/h5-8,10,13-14H,4,9,11-12H2,1-3H3/b17-10+. The third-order valence-corrected chi connectivity index (χ3v) is 4.99. The highest BCUT2D eigenvalue weighted by Crippen LogP contribution is 2.31. The molecule has 2 heterocycles. The second-order valence-corrected chi connectivity index (χ2v) is 7.40. The number of morpholine rings is 1. The molecular formula is C19H24N2O3S. The van der Waals surface area contributed by atoms with Gasteiger partial charge in [-0.3, -0.25) is 4.79 Å². The Hall–Kier alpha value is -1.79. The zero-order chi connectivity index (χ0) is 17.8.